The van der Waals surface area contributed by atoms with E-state index in [1.54, 1.807) is 36.7 Å². The monoisotopic (exact) mass is 399 g/mol. The Kier molecular flexibility index (Phi) is 5.44. The lowest BCUT2D eigenvalue weighted by molar-refractivity contribution is -0.118. The third kappa shape index (κ3) is 4.24. The molecule has 2 saturated carbocycles. The predicted molar refractivity (Wildman–Crippen MR) is 107 cm³/mol. The molecule has 2 aliphatic carbocycles. The molecule has 2 aliphatic rings. The van der Waals surface area contributed by atoms with E-state index in [1.807, 2.05) is 6.07 Å². The van der Waals surface area contributed by atoms with Crippen LogP contribution in [0.1, 0.15) is 56.4 Å². The number of carbonyl (C=O) groups is 1. The number of carbonyl (C=O) groups excluding carboxylic acids is 1. The number of hydrogen-bond acceptors (Lipinski definition) is 5. The van der Waals surface area contributed by atoms with Crippen molar-refractivity contribution in [2.45, 2.75) is 61.1 Å². The maximum Gasteiger partial charge on any atom is 0.233 e. The lowest BCUT2D eigenvalue weighted by Gasteiger charge is -2.20. The van der Waals surface area contributed by atoms with Gasteiger partial charge in [-0.3, -0.25) is 4.79 Å². The average molecular weight is 400 g/mol. The Bertz CT molecular complexity index is 919. The molecule has 0 radical (unpaired) electrons. The summed E-state index contributed by atoms with van der Waals surface area (Å²) in [5, 5.41) is 2.72. The highest BCUT2D eigenvalue weighted by atomic mass is 32.2. The van der Waals surface area contributed by atoms with Gasteiger partial charge in [0.25, 0.3) is 0 Å². The number of aromatic nitrogens is 2. The van der Waals surface area contributed by atoms with Gasteiger partial charge >= 0.3 is 0 Å². The number of nitrogens with one attached hydrogen (secondary N) is 1. The Hall–Kier alpha value is -2.28. The zero-order valence-corrected chi connectivity index (χ0v) is 16.6. The van der Waals surface area contributed by atoms with E-state index in [2.05, 4.69) is 15.3 Å². The van der Waals surface area contributed by atoms with E-state index in [-0.39, 0.29) is 22.1 Å². The van der Waals surface area contributed by atoms with Crippen molar-refractivity contribution in [3.05, 3.63) is 48.3 Å². The second-order valence-corrected chi connectivity index (χ2v) is 9.99. The molecular formula is C21H25N3O3S. The largest absolute Gasteiger partial charge is 0.310 e. The van der Waals surface area contributed by atoms with Crippen molar-refractivity contribution in [3.63, 3.8) is 0 Å². The number of hydrogen-bond donors (Lipinski definition) is 1. The third-order valence-electron chi connectivity index (χ3n) is 5.69. The lowest BCUT2D eigenvalue weighted by Crippen LogP contribution is -2.24. The summed E-state index contributed by atoms with van der Waals surface area (Å²) in [6.45, 7) is 0. The lowest BCUT2D eigenvalue weighted by atomic mass is 9.88. The smallest absolute Gasteiger partial charge is 0.233 e. The molecule has 148 valence electrons. The normalized spacial score (nSPS) is 18.7. The second-order valence-electron chi connectivity index (χ2n) is 7.82. The van der Waals surface area contributed by atoms with Crippen LogP contribution in [0.25, 0.3) is 0 Å². The second kappa shape index (κ2) is 7.99. The molecule has 28 heavy (non-hydrogen) atoms. The van der Waals surface area contributed by atoms with Crippen molar-refractivity contribution in [1.82, 2.24) is 9.97 Å². The minimum absolute atomic E-state index is 0.114. The molecule has 2 fully saturated rings. The first-order chi connectivity index (χ1) is 13.5. The van der Waals surface area contributed by atoms with Crippen molar-refractivity contribution in [3.8, 4) is 0 Å². The molecule has 0 saturated heterocycles. The Balaban J connectivity index is 1.56. The first-order valence-corrected chi connectivity index (χ1v) is 11.5. The fraction of sp³-hybridized carbons (Fsp3) is 0.476. The molecule has 2 heterocycles. The molecule has 6 nitrogen and oxygen atoms in total. The quantitative estimate of drug-likeness (QED) is 0.766. The topological polar surface area (TPSA) is 89.0 Å². The van der Waals surface area contributed by atoms with Crippen LogP contribution in [0.5, 0.6) is 0 Å². The highest BCUT2D eigenvalue weighted by Gasteiger charge is 2.38. The van der Waals surface area contributed by atoms with Crippen LogP contribution in [0.4, 0.5) is 5.82 Å². The Labute approximate surface area is 165 Å². The van der Waals surface area contributed by atoms with Gasteiger partial charge < -0.3 is 5.32 Å². The van der Waals surface area contributed by atoms with E-state index in [0.29, 0.717) is 24.6 Å². The molecule has 1 N–H and O–H groups in total. The summed E-state index contributed by atoms with van der Waals surface area (Å²) in [5.41, 5.74) is 0.759. The maximum absolute atomic E-state index is 13.0. The first-order valence-electron chi connectivity index (χ1n) is 9.96. The summed E-state index contributed by atoms with van der Waals surface area (Å²) in [6.07, 6.45) is 10.0. The standard InChI is InChI=1S/C21H25N3O3S/c25-21(24-19-7-3-4-12-22-19)18(13-15-5-1-2-6-15)16-8-11-20(23-14-16)28(26,27)17-9-10-17/h3-4,7-8,11-12,14-15,17-18H,1-2,5-6,9-10,13H2,(H,22,24,25). The van der Waals surface area contributed by atoms with E-state index in [9.17, 15) is 13.2 Å². The van der Waals surface area contributed by atoms with E-state index in [1.165, 1.54) is 12.8 Å². The Morgan fingerprint density at radius 1 is 1.07 bits per heavy atom. The number of pyridine rings is 2. The maximum atomic E-state index is 13.0. The SMILES string of the molecule is O=C(Nc1ccccn1)C(CC1CCCC1)c1ccc(S(=O)(=O)C2CC2)nc1. The van der Waals surface area contributed by atoms with Gasteiger partial charge in [-0.2, -0.15) is 0 Å². The van der Waals surface area contributed by atoms with Crippen LogP contribution in [-0.4, -0.2) is 29.5 Å². The summed E-state index contributed by atoms with van der Waals surface area (Å²) in [7, 11) is -3.32. The minimum Gasteiger partial charge on any atom is -0.310 e. The molecule has 4 rings (SSSR count). The van der Waals surface area contributed by atoms with Gasteiger partial charge in [0.05, 0.1) is 11.2 Å². The summed E-state index contributed by atoms with van der Waals surface area (Å²) < 4.78 is 24.8. The molecule has 1 atom stereocenters. The number of nitrogens with zero attached hydrogens (tertiary/aromatic N) is 2. The van der Waals surface area contributed by atoms with Crippen LogP contribution in [0, 0.1) is 5.92 Å². The Morgan fingerprint density at radius 3 is 2.46 bits per heavy atom. The number of anilines is 1. The van der Waals surface area contributed by atoms with E-state index < -0.39 is 9.84 Å². The number of sulfone groups is 1. The van der Waals surface area contributed by atoms with Crippen molar-refractivity contribution < 1.29 is 13.2 Å². The molecular weight excluding hydrogens is 374 g/mol. The van der Waals surface area contributed by atoms with Gasteiger partial charge in [-0.1, -0.05) is 37.8 Å². The number of rotatable bonds is 7. The van der Waals surface area contributed by atoms with Crippen LogP contribution in [0.15, 0.2) is 47.8 Å². The van der Waals surface area contributed by atoms with Gasteiger partial charge in [-0.05, 0) is 48.9 Å². The molecule has 0 bridgehead atoms. The van der Waals surface area contributed by atoms with Crippen molar-refractivity contribution in [1.29, 1.82) is 0 Å². The Morgan fingerprint density at radius 2 is 1.86 bits per heavy atom. The average Bonchev–Trinajstić information content (AvgIpc) is 3.45. The van der Waals surface area contributed by atoms with Crippen molar-refractivity contribution in [2.24, 2.45) is 5.92 Å². The molecule has 2 aromatic rings. The van der Waals surface area contributed by atoms with Gasteiger partial charge in [0.2, 0.25) is 5.91 Å². The number of amides is 1. The minimum atomic E-state index is -3.32. The van der Waals surface area contributed by atoms with Gasteiger partial charge in [0.15, 0.2) is 14.9 Å². The molecule has 0 aromatic carbocycles. The molecule has 2 aromatic heterocycles. The highest BCUT2D eigenvalue weighted by Crippen LogP contribution is 2.36. The predicted octanol–water partition coefficient (Wildman–Crippen LogP) is 3.72. The third-order valence-corrected chi connectivity index (χ3v) is 7.87. The van der Waals surface area contributed by atoms with Crippen LogP contribution in [0.2, 0.25) is 0 Å². The van der Waals surface area contributed by atoms with Crippen LogP contribution in [0.3, 0.4) is 0 Å². The van der Waals surface area contributed by atoms with Crippen molar-refractivity contribution in [2.75, 3.05) is 5.32 Å². The van der Waals surface area contributed by atoms with Crippen LogP contribution >= 0.6 is 0 Å². The van der Waals surface area contributed by atoms with E-state index in [0.717, 1.165) is 24.8 Å². The molecule has 0 spiro atoms. The van der Waals surface area contributed by atoms with Gasteiger partial charge in [-0.25, -0.2) is 18.4 Å². The van der Waals surface area contributed by atoms with Crippen molar-refractivity contribution >= 4 is 21.6 Å². The molecule has 1 amide bonds. The molecule has 7 heteroatoms. The summed E-state index contributed by atoms with van der Waals surface area (Å²) in [5.74, 6) is 0.541. The molecule has 1 unspecified atom stereocenters. The fourth-order valence-electron chi connectivity index (χ4n) is 3.94. The van der Waals surface area contributed by atoms with Gasteiger partial charge in [0.1, 0.15) is 5.82 Å². The zero-order valence-electron chi connectivity index (χ0n) is 15.8. The van der Waals surface area contributed by atoms with Gasteiger partial charge in [-0.15, -0.1) is 0 Å². The summed E-state index contributed by atoms with van der Waals surface area (Å²) in [4.78, 5) is 21.4. The van der Waals surface area contributed by atoms with E-state index >= 15 is 0 Å². The zero-order chi connectivity index (χ0) is 19.6. The summed E-state index contributed by atoms with van der Waals surface area (Å²) in [6, 6.07) is 8.69. The summed E-state index contributed by atoms with van der Waals surface area (Å²) >= 11 is 0. The van der Waals surface area contributed by atoms with Crippen LogP contribution < -0.4 is 5.32 Å². The van der Waals surface area contributed by atoms with Crippen LogP contribution in [-0.2, 0) is 14.6 Å². The van der Waals surface area contributed by atoms with E-state index in [4.69, 9.17) is 0 Å². The first kappa shape index (κ1) is 19.1. The highest BCUT2D eigenvalue weighted by molar-refractivity contribution is 7.92. The molecule has 0 aliphatic heterocycles. The van der Waals surface area contributed by atoms with Gasteiger partial charge in [0, 0.05) is 12.4 Å². The fourth-order valence-corrected chi connectivity index (χ4v) is 5.49.